The Balaban J connectivity index is 1.79. The molecule has 0 amide bonds. The van der Waals surface area contributed by atoms with Crippen molar-refractivity contribution in [3.8, 4) is 11.3 Å². The van der Waals surface area contributed by atoms with Crippen LogP contribution in [0.5, 0.6) is 0 Å². The molecule has 0 saturated heterocycles. The van der Waals surface area contributed by atoms with E-state index in [1.807, 2.05) is 0 Å². The predicted octanol–water partition coefficient (Wildman–Crippen LogP) is 4.74. The van der Waals surface area contributed by atoms with Crippen LogP contribution >= 0.6 is 0 Å². The normalized spacial score (nSPS) is 25.8. The summed E-state index contributed by atoms with van der Waals surface area (Å²) < 4.78 is 0. The highest BCUT2D eigenvalue weighted by Gasteiger charge is 2.52. The van der Waals surface area contributed by atoms with Gasteiger partial charge in [-0.25, -0.2) is 0 Å². The average Bonchev–Trinajstić information content (AvgIpc) is 2.46. The number of nitrogens with zero attached hydrogens (tertiary/aromatic N) is 1. The van der Waals surface area contributed by atoms with Gasteiger partial charge in [0.2, 0.25) is 0 Å². The third-order valence-electron chi connectivity index (χ3n) is 5.72. The summed E-state index contributed by atoms with van der Waals surface area (Å²) in [5, 5.41) is 0. The van der Waals surface area contributed by atoms with E-state index in [0.29, 0.717) is 5.41 Å². The van der Waals surface area contributed by atoms with Crippen LogP contribution in [0.15, 0.2) is 36.4 Å². The van der Waals surface area contributed by atoms with Crippen molar-refractivity contribution in [1.82, 2.24) is 4.98 Å². The van der Waals surface area contributed by atoms with Gasteiger partial charge >= 0.3 is 0 Å². The van der Waals surface area contributed by atoms with Gasteiger partial charge in [-0.15, -0.1) is 0 Å². The van der Waals surface area contributed by atoms with Crippen molar-refractivity contribution in [1.29, 1.82) is 0 Å². The van der Waals surface area contributed by atoms with Gasteiger partial charge in [-0.05, 0) is 54.2 Å². The van der Waals surface area contributed by atoms with Crippen molar-refractivity contribution >= 4 is 0 Å². The van der Waals surface area contributed by atoms with Crippen molar-refractivity contribution in [2.75, 3.05) is 0 Å². The molecule has 5 rings (SSSR count). The van der Waals surface area contributed by atoms with E-state index < -0.39 is 0 Å². The van der Waals surface area contributed by atoms with Crippen LogP contribution in [-0.4, -0.2) is 4.98 Å². The Morgan fingerprint density at radius 3 is 2.65 bits per heavy atom. The summed E-state index contributed by atoms with van der Waals surface area (Å²) in [6.45, 7) is 7.01. The maximum absolute atomic E-state index is 4.99. The highest BCUT2D eigenvalue weighted by molar-refractivity contribution is 5.64. The number of pyridine rings is 1. The van der Waals surface area contributed by atoms with Crippen molar-refractivity contribution in [2.24, 2.45) is 11.3 Å². The topological polar surface area (TPSA) is 12.9 Å². The molecule has 1 nitrogen and oxygen atoms in total. The van der Waals surface area contributed by atoms with Gasteiger partial charge in [-0.1, -0.05) is 44.2 Å². The van der Waals surface area contributed by atoms with Gasteiger partial charge in [0.25, 0.3) is 0 Å². The smallest absolute Gasteiger partial charge is 0.0708 e. The van der Waals surface area contributed by atoms with Crippen LogP contribution < -0.4 is 0 Å². The molecule has 1 fully saturated rings. The van der Waals surface area contributed by atoms with E-state index in [-0.39, 0.29) is 0 Å². The monoisotopic (exact) mass is 263 g/mol. The first kappa shape index (κ1) is 12.1. The Hall–Kier alpha value is -1.63. The minimum absolute atomic E-state index is 0.485. The minimum atomic E-state index is 0.485. The first-order chi connectivity index (χ1) is 9.57. The van der Waals surface area contributed by atoms with Crippen LogP contribution in [0.4, 0.5) is 0 Å². The van der Waals surface area contributed by atoms with Gasteiger partial charge in [-0.3, -0.25) is 4.98 Å². The fourth-order valence-corrected chi connectivity index (χ4v) is 4.13. The summed E-state index contributed by atoms with van der Waals surface area (Å²) in [5.41, 5.74) is 7.07. The van der Waals surface area contributed by atoms with E-state index in [1.165, 1.54) is 35.2 Å². The van der Waals surface area contributed by atoms with Gasteiger partial charge in [0.05, 0.1) is 5.69 Å². The number of aromatic nitrogens is 1. The Morgan fingerprint density at radius 2 is 1.90 bits per heavy atom. The number of hydrogen-bond donors (Lipinski definition) is 0. The molecule has 0 aliphatic heterocycles. The second-order valence-electron chi connectivity index (χ2n) is 7.06. The van der Waals surface area contributed by atoms with Gasteiger partial charge in [0, 0.05) is 11.3 Å². The minimum Gasteiger partial charge on any atom is -0.253 e. The third-order valence-corrected chi connectivity index (χ3v) is 5.72. The van der Waals surface area contributed by atoms with Crippen LogP contribution in [0.2, 0.25) is 0 Å². The van der Waals surface area contributed by atoms with Gasteiger partial charge in [0.1, 0.15) is 0 Å². The number of rotatable bonds is 1. The average molecular weight is 263 g/mol. The van der Waals surface area contributed by atoms with Crippen LogP contribution in [-0.2, 0) is 6.42 Å². The summed E-state index contributed by atoms with van der Waals surface area (Å²) >= 11 is 0. The molecule has 3 aliphatic carbocycles. The van der Waals surface area contributed by atoms with Gasteiger partial charge in [-0.2, -0.15) is 0 Å². The molecule has 2 aromatic rings. The zero-order valence-corrected chi connectivity index (χ0v) is 12.5. The van der Waals surface area contributed by atoms with Gasteiger partial charge < -0.3 is 0 Å². The molecular weight excluding hydrogens is 242 g/mol. The SMILES string of the molecule is Cc1ccccc1-c1ccc2c(n1)CC1CC2C1(C)C. The molecule has 20 heavy (non-hydrogen) atoms. The molecule has 2 bridgehead atoms. The third kappa shape index (κ3) is 1.52. The lowest BCUT2D eigenvalue weighted by Gasteiger charge is -2.56. The lowest BCUT2D eigenvalue weighted by atomic mass is 9.48. The summed E-state index contributed by atoms with van der Waals surface area (Å²) in [7, 11) is 0. The Bertz CT molecular complexity index is 684. The zero-order chi connectivity index (χ0) is 13.9. The number of hydrogen-bond acceptors (Lipinski definition) is 1. The van der Waals surface area contributed by atoms with Crippen molar-refractivity contribution in [3.05, 3.63) is 53.2 Å². The van der Waals surface area contributed by atoms with E-state index >= 15 is 0 Å². The highest BCUT2D eigenvalue weighted by Crippen LogP contribution is 2.61. The maximum Gasteiger partial charge on any atom is 0.0708 e. The Kier molecular flexibility index (Phi) is 2.39. The predicted molar refractivity (Wildman–Crippen MR) is 82.7 cm³/mol. The van der Waals surface area contributed by atoms with E-state index in [0.717, 1.165) is 17.5 Å². The maximum atomic E-state index is 4.99. The van der Waals surface area contributed by atoms with Gasteiger partial charge in [0.15, 0.2) is 0 Å². The van der Waals surface area contributed by atoms with E-state index in [1.54, 1.807) is 0 Å². The van der Waals surface area contributed by atoms with Crippen LogP contribution in [0.3, 0.4) is 0 Å². The Labute approximate surface area is 121 Å². The van der Waals surface area contributed by atoms with Crippen LogP contribution in [0.25, 0.3) is 11.3 Å². The second-order valence-corrected chi connectivity index (χ2v) is 7.06. The highest BCUT2D eigenvalue weighted by atomic mass is 14.8. The molecule has 3 aliphatic rings. The molecule has 1 aromatic heterocycles. The van der Waals surface area contributed by atoms with Crippen LogP contribution in [0, 0.1) is 18.3 Å². The summed E-state index contributed by atoms with van der Waals surface area (Å²) in [6, 6.07) is 13.1. The molecule has 1 heteroatoms. The molecule has 0 radical (unpaired) electrons. The molecule has 1 aromatic carbocycles. The fourth-order valence-electron chi connectivity index (χ4n) is 4.13. The summed E-state index contributed by atoms with van der Waals surface area (Å²) in [6.07, 6.45) is 2.53. The summed E-state index contributed by atoms with van der Waals surface area (Å²) in [4.78, 5) is 4.99. The molecule has 1 saturated carbocycles. The lowest BCUT2D eigenvalue weighted by molar-refractivity contribution is 0.0170. The quantitative estimate of drug-likeness (QED) is 0.724. The van der Waals surface area contributed by atoms with Crippen molar-refractivity contribution in [3.63, 3.8) is 0 Å². The second kappa shape index (κ2) is 3.94. The molecule has 2 unspecified atom stereocenters. The largest absolute Gasteiger partial charge is 0.253 e. The summed E-state index contributed by atoms with van der Waals surface area (Å²) in [5.74, 6) is 1.56. The number of aryl methyl sites for hydroxylation is 1. The molecule has 2 atom stereocenters. The first-order valence-electron chi connectivity index (χ1n) is 7.63. The first-order valence-corrected chi connectivity index (χ1v) is 7.63. The van der Waals surface area contributed by atoms with E-state index in [9.17, 15) is 0 Å². The van der Waals surface area contributed by atoms with Crippen LogP contribution in [0.1, 0.15) is 43.0 Å². The Morgan fingerprint density at radius 1 is 1.10 bits per heavy atom. The van der Waals surface area contributed by atoms with Crippen molar-refractivity contribution in [2.45, 2.75) is 39.5 Å². The van der Waals surface area contributed by atoms with Crippen molar-refractivity contribution < 1.29 is 0 Å². The molecule has 1 heterocycles. The molecule has 0 spiro atoms. The molecule has 0 N–H and O–H groups in total. The zero-order valence-electron chi connectivity index (χ0n) is 12.5. The fraction of sp³-hybridized carbons (Fsp3) is 0.421. The number of benzene rings is 1. The van der Waals surface area contributed by atoms with E-state index in [4.69, 9.17) is 4.98 Å². The lowest BCUT2D eigenvalue weighted by Crippen LogP contribution is -2.48. The standard InChI is InChI=1S/C19H21N/c1-12-6-4-5-7-14(12)17-9-8-15-16-10-13(19(16,2)3)11-18(15)20-17/h4-9,13,16H,10-11H2,1-3H3. The molecule has 102 valence electrons. The van der Waals surface area contributed by atoms with E-state index in [2.05, 4.69) is 57.2 Å². The molecular formula is C19H21N.